The summed E-state index contributed by atoms with van der Waals surface area (Å²) in [5.41, 5.74) is 0. The highest BCUT2D eigenvalue weighted by Gasteiger charge is 1.97. The van der Waals surface area contributed by atoms with Gasteiger partial charge in [0.1, 0.15) is 0 Å². The van der Waals surface area contributed by atoms with E-state index in [1.54, 1.807) is 7.11 Å². The van der Waals surface area contributed by atoms with Gasteiger partial charge >= 0.3 is 5.97 Å². The largest absolute Gasteiger partial charge is 0.478 e. The van der Waals surface area contributed by atoms with Gasteiger partial charge < -0.3 is 15.2 Å². The molecule has 0 aliphatic rings. The summed E-state index contributed by atoms with van der Waals surface area (Å²) < 4.78 is 4.90. The summed E-state index contributed by atoms with van der Waals surface area (Å²) in [6.07, 6.45) is 2.49. The van der Waals surface area contributed by atoms with Crippen molar-refractivity contribution in [1.82, 2.24) is 5.32 Å². The minimum atomic E-state index is -0.943. The van der Waals surface area contributed by atoms with Crippen LogP contribution in [0.5, 0.6) is 0 Å². The molecule has 4 heteroatoms. The van der Waals surface area contributed by atoms with E-state index in [0.29, 0.717) is 12.5 Å². The van der Waals surface area contributed by atoms with E-state index in [9.17, 15) is 4.79 Å². The van der Waals surface area contributed by atoms with Gasteiger partial charge in [0.15, 0.2) is 0 Å². The normalized spacial score (nSPS) is 13.2. The Labute approximate surface area is 72.2 Å². The predicted molar refractivity (Wildman–Crippen MR) is 45.8 cm³/mol. The van der Waals surface area contributed by atoms with Gasteiger partial charge in [-0.25, -0.2) is 4.79 Å². The Morgan fingerprint density at radius 3 is 2.92 bits per heavy atom. The van der Waals surface area contributed by atoms with Gasteiger partial charge in [-0.1, -0.05) is 6.92 Å². The number of hydrogen-bond acceptors (Lipinski definition) is 3. The third kappa shape index (κ3) is 7.08. The summed E-state index contributed by atoms with van der Waals surface area (Å²) in [7, 11) is 1.64. The lowest BCUT2D eigenvalue weighted by Crippen LogP contribution is -2.19. The van der Waals surface area contributed by atoms with E-state index < -0.39 is 5.97 Å². The molecule has 0 heterocycles. The number of ether oxygens (including phenoxy) is 1. The highest BCUT2D eigenvalue weighted by Crippen LogP contribution is 1.91. The second-order valence-corrected chi connectivity index (χ2v) is 2.64. The van der Waals surface area contributed by atoms with E-state index in [4.69, 9.17) is 9.84 Å². The predicted octanol–water partition coefficient (Wildman–Crippen LogP) is 0.457. The molecule has 0 radical (unpaired) electrons. The average Bonchev–Trinajstić information content (AvgIpc) is 1.98. The van der Waals surface area contributed by atoms with E-state index in [0.717, 1.165) is 12.6 Å². The molecule has 0 saturated carbocycles. The van der Waals surface area contributed by atoms with Crippen molar-refractivity contribution in [2.45, 2.75) is 6.92 Å². The average molecular weight is 173 g/mol. The second-order valence-electron chi connectivity index (χ2n) is 2.64. The topological polar surface area (TPSA) is 58.6 Å². The van der Waals surface area contributed by atoms with Crippen LogP contribution in [0.1, 0.15) is 6.92 Å². The summed E-state index contributed by atoms with van der Waals surface area (Å²) in [5.74, 6) is -0.560. The van der Waals surface area contributed by atoms with E-state index >= 15 is 0 Å². The summed E-state index contributed by atoms with van der Waals surface area (Å²) in [6, 6.07) is 0. The van der Waals surface area contributed by atoms with Crippen LogP contribution in [0.2, 0.25) is 0 Å². The Balaban J connectivity index is 3.36. The van der Waals surface area contributed by atoms with Gasteiger partial charge in [0.2, 0.25) is 0 Å². The first kappa shape index (κ1) is 11.0. The lowest BCUT2D eigenvalue weighted by Gasteiger charge is -2.08. The second kappa shape index (κ2) is 6.67. The van der Waals surface area contributed by atoms with Crippen LogP contribution in [0.4, 0.5) is 0 Å². The SMILES string of the molecule is COCC(C)CN/C=C/C(=O)O. The molecule has 0 aliphatic heterocycles. The number of hydrogen-bond donors (Lipinski definition) is 2. The molecular formula is C8H15NO3. The number of aliphatic carboxylic acids is 1. The minimum Gasteiger partial charge on any atom is -0.478 e. The zero-order valence-corrected chi connectivity index (χ0v) is 7.41. The first-order valence-electron chi connectivity index (χ1n) is 3.78. The van der Waals surface area contributed by atoms with E-state index in [1.165, 1.54) is 6.20 Å². The van der Waals surface area contributed by atoms with Crippen molar-refractivity contribution in [3.63, 3.8) is 0 Å². The quantitative estimate of drug-likeness (QED) is 0.573. The molecule has 0 saturated heterocycles. The molecule has 0 bridgehead atoms. The van der Waals surface area contributed by atoms with Gasteiger partial charge in [0.05, 0.1) is 6.61 Å². The standard InChI is InChI=1S/C8H15NO3/c1-7(6-12-2)5-9-4-3-8(10)11/h3-4,7,9H,5-6H2,1-2H3,(H,10,11)/b4-3+. The molecule has 12 heavy (non-hydrogen) atoms. The fourth-order valence-electron chi connectivity index (χ4n) is 0.743. The lowest BCUT2D eigenvalue weighted by molar-refractivity contribution is -0.131. The van der Waals surface area contributed by atoms with Gasteiger partial charge in [-0.2, -0.15) is 0 Å². The van der Waals surface area contributed by atoms with Crippen molar-refractivity contribution >= 4 is 5.97 Å². The van der Waals surface area contributed by atoms with E-state index in [1.807, 2.05) is 6.92 Å². The maximum Gasteiger partial charge on any atom is 0.329 e. The van der Waals surface area contributed by atoms with Gasteiger partial charge in [0, 0.05) is 25.9 Å². The van der Waals surface area contributed by atoms with Crippen molar-refractivity contribution in [1.29, 1.82) is 0 Å². The Bertz CT molecular complexity index is 156. The lowest BCUT2D eigenvalue weighted by atomic mass is 10.2. The van der Waals surface area contributed by atoms with Crippen LogP contribution in [0, 0.1) is 5.92 Å². The maximum atomic E-state index is 10.0. The fraction of sp³-hybridized carbons (Fsp3) is 0.625. The van der Waals surface area contributed by atoms with Crippen LogP contribution in [0.3, 0.4) is 0 Å². The summed E-state index contributed by atoms with van der Waals surface area (Å²) >= 11 is 0. The number of nitrogens with one attached hydrogen (secondary N) is 1. The van der Waals surface area contributed by atoms with Gasteiger partial charge in [-0.3, -0.25) is 0 Å². The zero-order valence-electron chi connectivity index (χ0n) is 7.41. The Kier molecular flexibility index (Phi) is 6.09. The Morgan fingerprint density at radius 1 is 1.75 bits per heavy atom. The molecule has 4 nitrogen and oxygen atoms in total. The number of methoxy groups -OCH3 is 1. The van der Waals surface area contributed by atoms with E-state index in [-0.39, 0.29) is 0 Å². The smallest absolute Gasteiger partial charge is 0.329 e. The molecule has 0 spiro atoms. The third-order valence-electron chi connectivity index (χ3n) is 1.26. The van der Waals surface area contributed by atoms with Gasteiger partial charge in [-0.15, -0.1) is 0 Å². The molecule has 0 rings (SSSR count). The van der Waals surface area contributed by atoms with Crippen LogP contribution in [-0.2, 0) is 9.53 Å². The minimum absolute atomic E-state index is 0.383. The van der Waals surface area contributed by atoms with Crippen LogP contribution in [0.25, 0.3) is 0 Å². The monoisotopic (exact) mass is 173 g/mol. The molecule has 0 aromatic carbocycles. The first-order chi connectivity index (χ1) is 5.66. The number of carboxylic acid groups (broad SMARTS) is 1. The van der Waals surface area contributed by atoms with Crippen molar-refractivity contribution < 1.29 is 14.6 Å². The molecule has 1 atom stereocenters. The highest BCUT2D eigenvalue weighted by molar-refractivity contribution is 5.79. The first-order valence-corrected chi connectivity index (χ1v) is 3.78. The molecule has 0 fully saturated rings. The van der Waals surface area contributed by atoms with Crippen LogP contribution in [0.15, 0.2) is 12.3 Å². The molecule has 2 N–H and O–H groups in total. The number of carboxylic acids is 1. The van der Waals surface area contributed by atoms with E-state index in [2.05, 4.69) is 5.32 Å². The molecule has 70 valence electrons. The molecule has 0 amide bonds. The highest BCUT2D eigenvalue weighted by atomic mass is 16.5. The molecule has 0 aliphatic carbocycles. The molecule has 1 unspecified atom stereocenters. The third-order valence-corrected chi connectivity index (χ3v) is 1.26. The molecule has 0 aromatic rings. The summed E-state index contributed by atoms with van der Waals surface area (Å²) in [5, 5.41) is 11.1. The molecular weight excluding hydrogens is 158 g/mol. The van der Waals surface area contributed by atoms with Crippen molar-refractivity contribution in [3.8, 4) is 0 Å². The fourth-order valence-corrected chi connectivity index (χ4v) is 0.743. The number of carbonyl (C=O) groups is 1. The van der Waals surface area contributed by atoms with Gasteiger partial charge in [0.25, 0.3) is 0 Å². The van der Waals surface area contributed by atoms with Crippen LogP contribution in [-0.4, -0.2) is 31.3 Å². The summed E-state index contributed by atoms with van der Waals surface area (Å²) in [4.78, 5) is 10.0. The zero-order chi connectivity index (χ0) is 9.40. The van der Waals surface area contributed by atoms with Gasteiger partial charge in [-0.05, 0) is 5.92 Å². The summed E-state index contributed by atoms with van der Waals surface area (Å²) in [6.45, 7) is 3.41. The Hall–Kier alpha value is -1.03. The Morgan fingerprint density at radius 2 is 2.42 bits per heavy atom. The van der Waals surface area contributed by atoms with Crippen LogP contribution < -0.4 is 5.32 Å². The van der Waals surface area contributed by atoms with Crippen LogP contribution >= 0.6 is 0 Å². The molecule has 0 aromatic heterocycles. The van der Waals surface area contributed by atoms with Crippen molar-refractivity contribution in [2.75, 3.05) is 20.3 Å². The number of rotatable bonds is 6. The van der Waals surface area contributed by atoms with Crippen molar-refractivity contribution in [2.24, 2.45) is 5.92 Å². The maximum absolute atomic E-state index is 10.0. The van der Waals surface area contributed by atoms with Crippen molar-refractivity contribution in [3.05, 3.63) is 12.3 Å².